The lowest BCUT2D eigenvalue weighted by Crippen LogP contribution is -2.23. The Morgan fingerprint density at radius 3 is 2.42 bits per heavy atom. The largest absolute Gasteiger partial charge is 0.311 e. The van der Waals surface area contributed by atoms with Crippen LogP contribution in [0.2, 0.25) is 0 Å². The summed E-state index contributed by atoms with van der Waals surface area (Å²) in [6.07, 6.45) is 1.73. The molecule has 3 heteroatoms. The van der Waals surface area contributed by atoms with E-state index in [-0.39, 0.29) is 23.3 Å². The molecule has 0 atom stereocenters. The van der Waals surface area contributed by atoms with Crippen LogP contribution in [0.5, 0.6) is 0 Å². The number of halogens is 1. The van der Waals surface area contributed by atoms with Gasteiger partial charge in [-0.05, 0) is 23.1 Å². The summed E-state index contributed by atoms with van der Waals surface area (Å²) in [6, 6.07) is 10.1. The van der Waals surface area contributed by atoms with Gasteiger partial charge in [-0.3, -0.25) is 4.79 Å². The third kappa shape index (κ3) is 3.11. The highest BCUT2D eigenvalue weighted by Gasteiger charge is 2.14. The molecule has 0 spiro atoms. The minimum Gasteiger partial charge on any atom is -0.311 e. The van der Waals surface area contributed by atoms with Gasteiger partial charge in [0.1, 0.15) is 5.82 Å². The summed E-state index contributed by atoms with van der Waals surface area (Å²) in [5, 5.41) is 0. The normalized spacial score (nSPS) is 11.6. The smallest absolute Gasteiger partial charge is 0.251 e. The molecule has 19 heavy (non-hydrogen) atoms. The van der Waals surface area contributed by atoms with Crippen molar-refractivity contribution in [2.75, 3.05) is 0 Å². The molecule has 0 aliphatic heterocycles. The highest BCUT2D eigenvalue weighted by molar-refractivity contribution is 5.22. The zero-order valence-electron chi connectivity index (χ0n) is 11.5. The second-order valence-electron chi connectivity index (χ2n) is 5.72. The second kappa shape index (κ2) is 5.00. The minimum atomic E-state index is -0.283. The van der Waals surface area contributed by atoms with Crippen molar-refractivity contribution in [1.29, 1.82) is 0 Å². The first-order valence-corrected chi connectivity index (χ1v) is 6.32. The van der Waals surface area contributed by atoms with E-state index < -0.39 is 0 Å². The first-order chi connectivity index (χ1) is 8.88. The van der Waals surface area contributed by atoms with Crippen LogP contribution in [0, 0.1) is 5.82 Å². The Hall–Kier alpha value is -1.90. The fraction of sp³-hybridized carbons (Fsp3) is 0.312. The number of nitrogens with zero attached hydrogens (tertiary/aromatic N) is 1. The van der Waals surface area contributed by atoms with Gasteiger partial charge in [0, 0.05) is 17.8 Å². The molecule has 0 saturated carbocycles. The van der Waals surface area contributed by atoms with Crippen LogP contribution in [0.1, 0.15) is 31.9 Å². The molecular weight excluding hydrogens is 241 g/mol. The van der Waals surface area contributed by atoms with Gasteiger partial charge in [-0.15, -0.1) is 0 Å². The SMILES string of the molecule is CC(C)(C)c1ccn(Cc2ccccc2F)c(=O)c1. The monoisotopic (exact) mass is 259 g/mol. The van der Waals surface area contributed by atoms with Gasteiger partial charge >= 0.3 is 0 Å². The molecule has 0 radical (unpaired) electrons. The van der Waals surface area contributed by atoms with Crippen molar-refractivity contribution in [3.8, 4) is 0 Å². The third-order valence-electron chi connectivity index (χ3n) is 3.16. The Morgan fingerprint density at radius 1 is 1.16 bits per heavy atom. The first-order valence-electron chi connectivity index (χ1n) is 6.32. The van der Waals surface area contributed by atoms with Crippen LogP contribution in [0.15, 0.2) is 47.4 Å². The van der Waals surface area contributed by atoms with Crippen LogP contribution in [-0.4, -0.2) is 4.57 Å². The summed E-state index contributed by atoms with van der Waals surface area (Å²) in [7, 11) is 0. The zero-order chi connectivity index (χ0) is 14.0. The van der Waals surface area contributed by atoms with Crippen molar-refractivity contribution in [1.82, 2.24) is 4.57 Å². The highest BCUT2D eigenvalue weighted by atomic mass is 19.1. The summed E-state index contributed by atoms with van der Waals surface area (Å²) in [6.45, 7) is 6.44. The van der Waals surface area contributed by atoms with Crippen LogP contribution in [0.3, 0.4) is 0 Å². The van der Waals surface area contributed by atoms with Gasteiger partial charge in [0.05, 0.1) is 6.54 Å². The fourth-order valence-corrected chi connectivity index (χ4v) is 1.92. The molecule has 2 aromatic rings. The van der Waals surface area contributed by atoms with Crippen LogP contribution in [-0.2, 0) is 12.0 Å². The molecule has 0 aliphatic carbocycles. The number of benzene rings is 1. The second-order valence-corrected chi connectivity index (χ2v) is 5.72. The van der Waals surface area contributed by atoms with Crippen molar-refractivity contribution >= 4 is 0 Å². The van der Waals surface area contributed by atoms with E-state index in [2.05, 4.69) is 20.8 Å². The number of hydrogen-bond donors (Lipinski definition) is 0. The van der Waals surface area contributed by atoms with Crippen molar-refractivity contribution in [2.45, 2.75) is 32.7 Å². The topological polar surface area (TPSA) is 22.0 Å². The van der Waals surface area contributed by atoms with E-state index in [9.17, 15) is 9.18 Å². The predicted molar refractivity (Wildman–Crippen MR) is 74.9 cm³/mol. The van der Waals surface area contributed by atoms with Crippen molar-refractivity contribution in [3.05, 3.63) is 69.9 Å². The van der Waals surface area contributed by atoms with E-state index in [4.69, 9.17) is 0 Å². The van der Waals surface area contributed by atoms with Crippen molar-refractivity contribution in [3.63, 3.8) is 0 Å². The summed E-state index contributed by atoms with van der Waals surface area (Å²) in [4.78, 5) is 12.0. The molecular formula is C16H18FNO. The lowest BCUT2D eigenvalue weighted by Gasteiger charge is -2.19. The molecule has 2 rings (SSSR count). The molecule has 1 heterocycles. The molecule has 100 valence electrons. The van der Waals surface area contributed by atoms with Crippen molar-refractivity contribution < 1.29 is 4.39 Å². The first kappa shape index (κ1) is 13.5. The number of hydrogen-bond acceptors (Lipinski definition) is 1. The summed E-state index contributed by atoms with van der Waals surface area (Å²) < 4.78 is 15.1. The molecule has 2 nitrogen and oxygen atoms in total. The molecule has 0 aliphatic rings. The van der Waals surface area contributed by atoms with E-state index in [1.807, 2.05) is 6.07 Å². The average molecular weight is 259 g/mol. The van der Waals surface area contributed by atoms with Gasteiger partial charge in [-0.1, -0.05) is 39.0 Å². The van der Waals surface area contributed by atoms with E-state index in [0.29, 0.717) is 5.56 Å². The Kier molecular flexibility index (Phi) is 3.56. The third-order valence-corrected chi connectivity index (χ3v) is 3.16. The van der Waals surface area contributed by atoms with Gasteiger partial charge < -0.3 is 4.57 Å². The molecule has 1 aromatic carbocycles. The van der Waals surface area contributed by atoms with Crippen molar-refractivity contribution in [2.24, 2.45) is 0 Å². The molecule has 0 fully saturated rings. The lowest BCUT2D eigenvalue weighted by atomic mass is 9.88. The summed E-state index contributed by atoms with van der Waals surface area (Å²) in [5.74, 6) is -0.283. The van der Waals surface area contributed by atoms with Gasteiger partial charge in [-0.2, -0.15) is 0 Å². The molecule has 0 N–H and O–H groups in total. The average Bonchev–Trinajstić information content (AvgIpc) is 2.33. The maximum Gasteiger partial charge on any atom is 0.251 e. The number of pyridine rings is 1. The maximum atomic E-state index is 13.6. The molecule has 1 aromatic heterocycles. The predicted octanol–water partition coefficient (Wildman–Crippen LogP) is 3.33. The summed E-state index contributed by atoms with van der Waals surface area (Å²) in [5.41, 5.74) is 1.35. The number of aromatic nitrogens is 1. The van der Waals surface area contributed by atoms with Gasteiger partial charge in [0.2, 0.25) is 0 Å². The number of rotatable bonds is 2. The molecule has 0 saturated heterocycles. The highest BCUT2D eigenvalue weighted by Crippen LogP contribution is 2.20. The Bertz CT molecular complexity index is 638. The zero-order valence-corrected chi connectivity index (χ0v) is 11.5. The van der Waals surface area contributed by atoms with Crippen LogP contribution in [0.4, 0.5) is 4.39 Å². The van der Waals surface area contributed by atoms with Gasteiger partial charge in [-0.25, -0.2) is 4.39 Å². The molecule has 0 unspecified atom stereocenters. The fourth-order valence-electron chi connectivity index (χ4n) is 1.92. The Labute approximate surface area is 112 Å². The van der Waals surface area contributed by atoms with Crippen LogP contribution >= 0.6 is 0 Å². The van der Waals surface area contributed by atoms with Crippen LogP contribution < -0.4 is 5.56 Å². The maximum absolute atomic E-state index is 13.6. The molecule has 0 amide bonds. The van der Waals surface area contributed by atoms with E-state index in [1.165, 1.54) is 10.6 Å². The Balaban J connectivity index is 2.33. The quantitative estimate of drug-likeness (QED) is 0.810. The van der Waals surface area contributed by atoms with Gasteiger partial charge in [0.15, 0.2) is 0 Å². The lowest BCUT2D eigenvalue weighted by molar-refractivity contribution is 0.578. The Morgan fingerprint density at radius 2 is 1.84 bits per heavy atom. The van der Waals surface area contributed by atoms with Gasteiger partial charge in [0.25, 0.3) is 5.56 Å². The molecule has 0 bridgehead atoms. The van der Waals surface area contributed by atoms with E-state index >= 15 is 0 Å². The van der Waals surface area contributed by atoms with Crippen LogP contribution in [0.25, 0.3) is 0 Å². The van der Waals surface area contributed by atoms with E-state index in [0.717, 1.165) is 5.56 Å². The summed E-state index contributed by atoms with van der Waals surface area (Å²) >= 11 is 0. The minimum absolute atomic E-state index is 0.0593. The van der Waals surface area contributed by atoms with E-state index in [1.54, 1.807) is 30.5 Å². The standard InChI is InChI=1S/C16H18FNO/c1-16(2,3)13-8-9-18(15(19)10-13)11-12-6-4-5-7-14(12)17/h4-10H,11H2,1-3H3.